The van der Waals surface area contributed by atoms with Crippen molar-refractivity contribution in [2.45, 2.75) is 0 Å². The second kappa shape index (κ2) is 8.45. The Morgan fingerprint density at radius 1 is 1.03 bits per heavy atom. The first-order valence-electron chi connectivity index (χ1n) is 9.35. The molecular weight excluding hydrogens is 416 g/mol. The monoisotopic (exact) mass is 432 g/mol. The van der Waals surface area contributed by atoms with Crippen LogP contribution in [0.2, 0.25) is 5.02 Å². The number of amidine groups is 1. The average molecular weight is 433 g/mol. The number of aliphatic imine (C=N–C) groups is 1. The second-order valence-electron chi connectivity index (χ2n) is 6.71. The third-order valence-corrected chi connectivity index (χ3v) is 5.10. The molecule has 6 nitrogen and oxygen atoms in total. The van der Waals surface area contributed by atoms with E-state index >= 15 is 0 Å². The van der Waals surface area contributed by atoms with Crippen molar-refractivity contribution in [3.8, 4) is 5.75 Å². The van der Waals surface area contributed by atoms with Crippen molar-refractivity contribution >= 4 is 41.1 Å². The van der Waals surface area contributed by atoms with Gasteiger partial charge in [0.2, 0.25) is 0 Å². The van der Waals surface area contributed by atoms with Crippen molar-refractivity contribution in [2.24, 2.45) is 4.99 Å². The molecule has 31 heavy (non-hydrogen) atoms. The lowest BCUT2D eigenvalue weighted by atomic mass is 10.1. The molecule has 0 aromatic heterocycles. The largest absolute Gasteiger partial charge is 0.497 e. The van der Waals surface area contributed by atoms with Gasteiger partial charge in [0.05, 0.1) is 23.4 Å². The SMILES string of the molecule is COc1ccc(N2C(=O)/C(=C\c3ccc(C(=O)O)cc3)N=C2c2ccccc2Cl)cc1. The van der Waals surface area contributed by atoms with Gasteiger partial charge in [0.25, 0.3) is 5.91 Å². The first kappa shape index (κ1) is 20.4. The number of aromatic carboxylic acids is 1. The van der Waals surface area contributed by atoms with Crippen molar-refractivity contribution in [3.63, 3.8) is 0 Å². The van der Waals surface area contributed by atoms with Crippen LogP contribution in [0, 0.1) is 0 Å². The van der Waals surface area contributed by atoms with Crippen LogP contribution in [0.25, 0.3) is 6.08 Å². The first-order chi connectivity index (χ1) is 15.0. The molecule has 0 spiro atoms. The number of rotatable bonds is 5. The molecular formula is C24H17ClN2O4. The zero-order chi connectivity index (χ0) is 22.0. The summed E-state index contributed by atoms with van der Waals surface area (Å²) in [6.45, 7) is 0. The molecule has 3 aromatic carbocycles. The molecule has 1 N–H and O–H groups in total. The van der Waals surface area contributed by atoms with E-state index in [-0.39, 0.29) is 17.2 Å². The van der Waals surface area contributed by atoms with Gasteiger partial charge < -0.3 is 9.84 Å². The summed E-state index contributed by atoms with van der Waals surface area (Å²) in [7, 11) is 1.57. The van der Waals surface area contributed by atoms with Gasteiger partial charge in [-0.3, -0.25) is 9.69 Å². The molecule has 4 rings (SSSR count). The van der Waals surface area contributed by atoms with Gasteiger partial charge in [-0.25, -0.2) is 9.79 Å². The number of hydrogen-bond acceptors (Lipinski definition) is 4. The average Bonchev–Trinajstić information content (AvgIpc) is 3.10. The van der Waals surface area contributed by atoms with Gasteiger partial charge >= 0.3 is 5.97 Å². The van der Waals surface area contributed by atoms with E-state index in [1.807, 2.05) is 12.1 Å². The Balaban J connectivity index is 1.79. The maximum atomic E-state index is 13.3. The molecule has 0 saturated carbocycles. The van der Waals surface area contributed by atoms with Crippen LogP contribution in [-0.2, 0) is 4.79 Å². The fraction of sp³-hybridized carbons (Fsp3) is 0.0417. The van der Waals surface area contributed by atoms with Gasteiger partial charge in [-0.1, -0.05) is 35.9 Å². The van der Waals surface area contributed by atoms with Crippen LogP contribution in [0.5, 0.6) is 5.75 Å². The summed E-state index contributed by atoms with van der Waals surface area (Å²) in [5.41, 5.74) is 2.29. The van der Waals surface area contributed by atoms with E-state index in [0.717, 1.165) is 0 Å². The molecule has 0 unspecified atom stereocenters. The Hall–Kier alpha value is -3.90. The van der Waals surface area contributed by atoms with Crippen LogP contribution in [0.15, 0.2) is 83.5 Å². The molecule has 0 radical (unpaired) electrons. The van der Waals surface area contributed by atoms with E-state index in [0.29, 0.717) is 33.4 Å². The summed E-state index contributed by atoms with van der Waals surface area (Å²) < 4.78 is 5.21. The number of carboxylic acid groups (broad SMARTS) is 1. The second-order valence-corrected chi connectivity index (χ2v) is 7.12. The molecule has 0 aliphatic carbocycles. The zero-order valence-electron chi connectivity index (χ0n) is 16.4. The Bertz CT molecular complexity index is 1220. The van der Waals surface area contributed by atoms with Gasteiger partial charge in [-0.05, 0) is 60.2 Å². The summed E-state index contributed by atoms with van der Waals surface area (Å²) in [5.74, 6) is -0.252. The van der Waals surface area contributed by atoms with E-state index in [2.05, 4.69) is 4.99 Å². The number of anilines is 1. The third-order valence-electron chi connectivity index (χ3n) is 4.77. The molecule has 1 heterocycles. The number of carboxylic acids is 1. The summed E-state index contributed by atoms with van der Waals surface area (Å²) in [6, 6.07) is 20.5. The predicted molar refractivity (Wildman–Crippen MR) is 120 cm³/mol. The number of halogens is 1. The lowest BCUT2D eigenvalue weighted by Crippen LogP contribution is -2.32. The highest BCUT2D eigenvalue weighted by Crippen LogP contribution is 2.31. The van der Waals surface area contributed by atoms with Crippen LogP contribution in [0.3, 0.4) is 0 Å². The molecule has 1 aliphatic rings. The standard InChI is InChI=1S/C24H17ClN2O4/c1-31-18-12-10-17(11-13-18)27-22(19-4-2-3-5-20(19)25)26-21(23(27)28)14-15-6-8-16(9-7-15)24(29)30/h2-14H,1H3,(H,29,30)/b21-14+. The highest BCUT2D eigenvalue weighted by molar-refractivity contribution is 6.39. The van der Waals surface area contributed by atoms with Crippen LogP contribution in [0.4, 0.5) is 5.69 Å². The molecule has 0 bridgehead atoms. The number of hydrogen-bond donors (Lipinski definition) is 1. The fourth-order valence-corrected chi connectivity index (χ4v) is 3.41. The Kier molecular flexibility index (Phi) is 5.56. The molecule has 1 aliphatic heterocycles. The van der Waals surface area contributed by atoms with E-state index in [9.17, 15) is 9.59 Å². The molecule has 0 atom stereocenters. The maximum absolute atomic E-state index is 13.3. The normalized spacial score (nSPS) is 14.6. The van der Waals surface area contributed by atoms with Crippen molar-refractivity contribution in [1.82, 2.24) is 0 Å². The van der Waals surface area contributed by atoms with Gasteiger partial charge in [0, 0.05) is 5.56 Å². The van der Waals surface area contributed by atoms with Crippen molar-refractivity contribution in [3.05, 3.63) is 100 Å². The lowest BCUT2D eigenvalue weighted by molar-refractivity contribution is -0.113. The number of amides is 1. The first-order valence-corrected chi connectivity index (χ1v) is 9.73. The number of nitrogens with zero attached hydrogens (tertiary/aromatic N) is 2. The van der Waals surface area contributed by atoms with E-state index < -0.39 is 5.97 Å². The summed E-state index contributed by atoms with van der Waals surface area (Å²) in [5, 5.41) is 9.54. The molecule has 154 valence electrons. The smallest absolute Gasteiger partial charge is 0.335 e. The minimum Gasteiger partial charge on any atom is -0.497 e. The Labute approximate surface area is 183 Å². The van der Waals surface area contributed by atoms with Crippen LogP contribution in [-0.4, -0.2) is 29.9 Å². The zero-order valence-corrected chi connectivity index (χ0v) is 17.2. The van der Waals surface area contributed by atoms with E-state index in [1.54, 1.807) is 61.7 Å². The van der Waals surface area contributed by atoms with Crippen LogP contribution >= 0.6 is 11.6 Å². The number of ether oxygens (including phenoxy) is 1. The summed E-state index contributed by atoms with van der Waals surface area (Å²) in [6.07, 6.45) is 1.62. The van der Waals surface area contributed by atoms with Crippen molar-refractivity contribution in [2.75, 3.05) is 12.0 Å². The molecule has 7 heteroatoms. The van der Waals surface area contributed by atoms with Crippen molar-refractivity contribution < 1.29 is 19.4 Å². The molecule has 3 aromatic rings. The predicted octanol–water partition coefficient (Wildman–Crippen LogP) is 4.88. The number of methoxy groups -OCH3 is 1. The number of carbonyl (C=O) groups excluding carboxylic acids is 1. The summed E-state index contributed by atoms with van der Waals surface area (Å²) in [4.78, 5) is 30.4. The van der Waals surface area contributed by atoms with Gasteiger partial charge in [-0.15, -0.1) is 0 Å². The van der Waals surface area contributed by atoms with E-state index in [4.69, 9.17) is 21.4 Å². The van der Waals surface area contributed by atoms with Crippen molar-refractivity contribution in [1.29, 1.82) is 0 Å². The molecule has 1 amide bonds. The van der Waals surface area contributed by atoms with E-state index in [1.165, 1.54) is 17.0 Å². The Morgan fingerprint density at radius 3 is 2.32 bits per heavy atom. The van der Waals surface area contributed by atoms with Gasteiger partial charge in [-0.2, -0.15) is 0 Å². The maximum Gasteiger partial charge on any atom is 0.335 e. The van der Waals surface area contributed by atoms with Gasteiger partial charge in [0.1, 0.15) is 17.3 Å². The third kappa shape index (κ3) is 4.06. The van der Waals surface area contributed by atoms with Crippen LogP contribution in [0.1, 0.15) is 21.5 Å². The minimum atomic E-state index is -1.01. The molecule has 0 saturated heterocycles. The topological polar surface area (TPSA) is 79.2 Å². The van der Waals surface area contributed by atoms with Crippen LogP contribution < -0.4 is 9.64 Å². The molecule has 0 fully saturated rings. The number of benzene rings is 3. The van der Waals surface area contributed by atoms with Gasteiger partial charge in [0.15, 0.2) is 0 Å². The highest BCUT2D eigenvalue weighted by Gasteiger charge is 2.33. The Morgan fingerprint density at radius 2 is 1.71 bits per heavy atom. The quantitative estimate of drug-likeness (QED) is 0.582. The minimum absolute atomic E-state index is 0.167. The summed E-state index contributed by atoms with van der Waals surface area (Å²) >= 11 is 6.39. The highest BCUT2D eigenvalue weighted by atomic mass is 35.5. The lowest BCUT2D eigenvalue weighted by Gasteiger charge is -2.19. The fourth-order valence-electron chi connectivity index (χ4n) is 3.19. The number of carbonyl (C=O) groups is 2.